The standard InChI is InChI=1S/C22H19N5O2/c1-28-16-7-8-17-19(13-16)25-12-11-20(17)29-14-22(24)27-21(23)10-9-18(26-27)15-5-3-2-4-6-15/h2-13,23-24H,14H2,1H3. The summed E-state index contributed by atoms with van der Waals surface area (Å²) in [5.74, 6) is 1.38. The number of fused-ring (bicyclic) bond motifs is 1. The molecule has 0 unspecified atom stereocenters. The molecule has 0 spiro atoms. The van der Waals surface area contributed by atoms with Crippen LogP contribution in [-0.4, -0.2) is 34.3 Å². The van der Waals surface area contributed by atoms with Crippen LogP contribution in [0.15, 0.2) is 72.9 Å². The minimum absolute atomic E-state index is 0.0348. The Hall–Kier alpha value is -4.00. The van der Waals surface area contributed by atoms with Gasteiger partial charge in [-0.05, 0) is 30.3 Å². The Bertz CT molecular complexity index is 1230. The first kappa shape index (κ1) is 18.4. The zero-order chi connectivity index (χ0) is 20.2. The van der Waals surface area contributed by atoms with E-state index >= 15 is 0 Å². The van der Waals surface area contributed by atoms with Crippen molar-refractivity contribution >= 4 is 16.7 Å². The second kappa shape index (κ2) is 7.93. The van der Waals surface area contributed by atoms with E-state index in [1.54, 1.807) is 31.5 Å². The maximum absolute atomic E-state index is 8.37. The van der Waals surface area contributed by atoms with Gasteiger partial charge in [0, 0.05) is 23.2 Å². The lowest BCUT2D eigenvalue weighted by atomic mass is 10.1. The van der Waals surface area contributed by atoms with E-state index in [0.29, 0.717) is 17.2 Å². The zero-order valence-corrected chi connectivity index (χ0v) is 15.8. The molecule has 0 fully saturated rings. The summed E-state index contributed by atoms with van der Waals surface area (Å²) >= 11 is 0. The van der Waals surface area contributed by atoms with Gasteiger partial charge in [-0.2, -0.15) is 9.78 Å². The van der Waals surface area contributed by atoms with Crippen LogP contribution < -0.4 is 15.0 Å². The largest absolute Gasteiger partial charge is 0.497 e. The van der Waals surface area contributed by atoms with Gasteiger partial charge in [0.2, 0.25) is 0 Å². The predicted octanol–water partition coefficient (Wildman–Crippen LogP) is 3.49. The number of pyridine rings is 1. The molecule has 0 saturated heterocycles. The Labute approximate surface area is 167 Å². The van der Waals surface area contributed by atoms with E-state index in [-0.39, 0.29) is 17.9 Å². The number of rotatable bonds is 5. The normalized spacial score (nSPS) is 10.7. The molecule has 144 valence electrons. The molecular weight excluding hydrogens is 366 g/mol. The van der Waals surface area contributed by atoms with Gasteiger partial charge in [-0.25, -0.2) is 0 Å². The zero-order valence-electron chi connectivity index (χ0n) is 15.8. The van der Waals surface area contributed by atoms with Gasteiger partial charge in [0.05, 0.1) is 18.3 Å². The van der Waals surface area contributed by atoms with Gasteiger partial charge in [-0.3, -0.25) is 15.8 Å². The van der Waals surface area contributed by atoms with E-state index in [9.17, 15) is 0 Å². The number of nitrogens with one attached hydrogen (secondary N) is 2. The lowest BCUT2D eigenvalue weighted by Gasteiger charge is -2.12. The van der Waals surface area contributed by atoms with E-state index in [2.05, 4.69) is 10.1 Å². The Morgan fingerprint density at radius 2 is 1.86 bits per heavy atom. The molecule has 2 N–H and O–H groups in total. The summed E-state index contributed by atoms with van der Waals surface area (Å²) in [6.07, 6.45) is 1.65. The van der Waals surface area contributed by atoms with Gasteiger partial charge in [0.15, 0.2) is 5.84 Å². The molecule has 2 heterocycles. The van der Waals surface area contributed by atoms with Gasteiger partial charge in [0.1, 0.15) is 23.6 Å². The number of hydrogen-bond donors (Lipinski definition) is 2. The monoisotopic (exact) mass is 385 g/mol. The van der Waals surface area contributed by atoms with Gasteiger partial charge in [-0.15, -0.1) is 0 Å². The number of benzene rings is 2. The van der Waals surface area contributed by atoms with Crippen molar-refractivity contribution in [3.63, 3.8) is 0 Å². The minimum Gasteiger partial charge on any atom is -0.497 e. The molecule has 0 atom stereocenters. The lowest BCUT2D eigenvalue weighted by Crippen LogP contribution is -2.32. The van der Waals surface area contributed by atoms with Crippen LogP contribution in [0.2, 0.25) is 0 Å². The molecule has 0 saturated carbocycles. The maximum atomic E-state index is 8.37. The van der Waals surface area contributed by atoms with E-state index in [0.717, 1.165) is 16.5 Å². The van der Waals surface area contributed by atoms with Crippen LogP contribution in [0, 0.1) is 10.8 Å². The molecule has 0 bridgehead atoms. The Kier molecular flexibility index (Phi) is 5.03. The van der Waals surface area contributed by atoms with Gasteiger partial charge < -0.3 is 9.47 Å². The third-order valence-corrected chi connectivity index (χ3v) is 4.43. The molecule has 4 rings (SSSR count). The molecule has 2 aromatic carbocycles. The van der Waals surface area contributed by atoms with Gasteiger partial charge in [-0.1, -0.05) is 30.3 Å². The van der Waals surface area contributed by atoms with Crippen LogP contribution in [0.5, 0.6) is 11.5 Å². The first-order chi connectivity index (χ1) is 14.2. The molecular formula is C22H19N5O2. The Morgan fingerprint density at radius 3 is 2.66 bits per heavy atom. The van der Waals surface area contributed by atoms with Crippen LogP contribution in [0.25, 0.3) is 22.2 Å². The Morgan fingerprint density at radius 1 is 1.03 bits per heavy atom. The van der Waals surface area contributed by atoms with Gasteiger partial charge >= 0.3 is 0 Å². The number of ether oxygens (including phenoxy) is 2. The molecule has 0 radical (unpaired) electrons. The van der Waals surface area contributed by atoms with Gasteiger partial charge in [0.25, 0.3) is 0 Å². The summed E-state index contributed by atoms with van der Waals surface area (Å²) in [7, 11) is 1.61. The fraction of sp³-hybridized carbons (Fsp3) is 0.0909. The van der Waals surface area contributed by atoms with E-state index < -0.39 is 0 Å². The third-order valence-electron chi connectivity index (χ3n) is 4.43. The second-order valence-electron chi connectivity index (χ2n) is 6.31. The van der Waals surface area contributed by atoms with Crippen molar-refractivity contribution in [1.29, 1.82) is 10.8 Å². The molecule has 7 heteroatoms. The van der Waals surface area contributed by atoms with Crippen molar-refractivity contribution in [2.45, 2.75) is 0 Å². The fourth-order valence-corrected chi connectivity index (χ4v) is 2.95. The van der Waals surface area contributed by atoms with Crippen LogP contribution in [0.3, 0.4) is 0 Å². The quantitative estimate of drug-likeness (QED) is 0.406. The van der Waals surface area contributed by atoms with E-state index in [1.165, 1.54) is 4.68 Å². The van der Waals surface area contributed by atoms with Crippen LogP contribution in [0.1, 0.15) is 0 Å². The van der Waals surface area contributed by atoms with E-state index in [1.807, 2.05) is 48.5 Å². The Balaban J connectivity index is 1.58. The second-order valence-corrected chi connectivity index (χ2v) is 6.31. The number of aromatic nitrogens is 3. The number of nitrogens with zero attached hydrogens (tertiary/aromatic N) is 3. The average Bonchev–Trinajstić information content (AvgIpc) is 2.77. The van der Waals surface area contributed by atoms with Crippen LogP contribution in [0.4, 0.5) is 0 Å². The first-order valence-electron chi connectivity index (χ1n) is 8.99. The number of hydrogen-bond acceptors (Lipinski definition) is 6. The first-order valence-corrected chi connectivity index (χ1v) is 8.99. The topological polar surface area (TPSA) is 96.9 Å². The minimum atomic E-state index is -0.0348. The van der Waals surface area contributed by atoms with Crippen molar-refractivity contribution in [3.05, 3.63) is 78.4 Å². The highest BCUT2D eigenvalue weighted by Gasteiger charge is 2.09. The lowest BCUT2D eigenvalue weighted by molar-refractivity contribution is 0.373. The molecule has 29 heavy (non-hydrogen) atoms. The van der Waals surface area contributed by atoms with Crippen molar-refractivity contribution in [3.8, 4) is 22.8 Å². The van der Waals surface area contributed by atoms with Crippen LogP contribution in [-0.2, 0) is 0 Å². The average molecular weight is 385 g/mol. The molecule has 0 aliphatic carbocycles. The highest BCUT2D eigenvalue weighted by Crippen LogP contribution is 2.27. The van der Waals surface area contributed by atoms with E-state index in [4.69, 9.17) is 20.3 Å². The predicted molar refractivity (Wildman–Crippen MR) is 110 cm³/mol. The molecule has 0 aliphatic rings. The van der Waals surface area contributed by atoms with Crippen molar-refractivity contribution < 1.29 is 9.47 Å². The van der Waals surface area contributed by atoms with Crippen LogP contribution >= 0.6 is 0 Å². The molecule has 0 amide bonds. The van der Waals surface area contributed by atoms with Crippen molar-refractivity contribution in [1.82, 2.24) is 14.8 Å². The highest BCUT2D eigenvalue weighted by atomic mass is 16.5. The van der Waals surface area contributed by atoms with Crippen molar-refractivity contribution in [2.75, 3.05) is 13.7 Å². The molecule has 0 aliphatic heterocycles. The summed E-state index contributed by atoms with van der Waals surface area (Å²) < 4.78 is 12.4. The summed E-state index contributed by atoms with van der Waals surface area (Å²) in [6.45, 7) is -0.0348. The highest BCUT2D eigenvalue weighted by molar-refractivity contribution is 5.87. The summed E-state index contributed by atoms with van der Waals surface area (Å²) in [6, 6.07) is 20.3. The third kappa shape index (κ3) is 3.84. The fourth-order valence-electron chi connectivity index (χ4n) is 2.95. The summed E-state index contributed by atoms with van der Waals surface area (Å²) in [5.41, 5.74) is 2.46. The summed E-state index contributed by atoms with van der Waals surface area (Å²) in [4.78, 5) is 4.33. The molecule has 4 aromatic rings. The number of methoxy groups -OCH3 is 1. The smallest absolute Gasteiger partial charge is 0.162 e. The molecule has 7 nitrogen and oxygen atoms in total. The SMILES string of the molecule is COc1ccc2c(OCC(=N)n3nc(-c4ccccc4)ccc3=N)ccnc2c1. The molecule has 2 aromatic heterocycles. The van der Waals surface area contributed by atoms with Crippen molar-refractivity contribution in [2.24, 2.45) is 0 Å². The summed E-state index contributed by atoms with van der Waals surface area (Å²) in [5, 5.41) is 21.7. The maximum Gasteiger partial charge on any atom is 0.162 e.